The second kappa shape index (κ2) is 8.62. The monoisotopic (exact) mass is 364 g/mol. The molecule has 0 radical (unpaired) electrons. The normalized spacial score (nSPS) is 10.1. The molecule has 3 rings (SSSR count). The van der Waals surface area contributed by atoms with Crippen LogP contribution in [0.25, 0.3) is 0 Å². The molecule has 0 spiro atoms. The second-order valence-corrected chi connectivity index (χ2v) is 5.69. The number of anilines is 2. The molecule has 0 atom stereocenters. The Morgan fingerprint density at radius 3 is 2.22 bits per heavy atom. The van der Waals surface area contributed by atoms with E-state index in [-0.39, 0.29) is 12.2 Å². The van der Waals surface area contributed by atoms with E-state index in [4.69, 9.17) is 4.74 Å². The van der Waals surface area contributed by atoms with Crippen LogP contribution in [0.2, 0.25) is 0 Å². The topological polar surface area (TPSA) is 67.4 Å². The van der Waals surface area contributed by atoms with Crippen molar-refractivity contribution in [3.8, 4) is 0 Å². The first-order valence-electron chi connectivity index (χ1n) is 8.25. The number of carbonyl (C=O) groups excluding carboxylic acids is 2. The number of amides is 2. The largest absolute Gasteiger partial charge is 0.444 e. The van der Waals surface area contributed by atoms with Gasteiger partial charge in [0, 0.05) is 5.69 Å². The highest BCUT2D eigenvalue weighted by Crippen LogP contribution is 2.18. The van der Waals surface area contributed by atoms with Gasteiger partial charge in [0.1, 0.15) is 12.4 Å². The van der Waals surface area contributed by atoms with Crippen LogP contribution >= 0.6 is 0 Å². The predicted octanol–water partition coefficient (Wildman–Crippen LogP) is 4.83. The van der Waals surface area contributed by atoms with Gasteiger partial charge in [-0.3, -0.25) is 10.1 Å². The molecule has 0 aromatic heterocycles. The summed E-state index contributed by atoms with van der Waals surface area (Å²) in [7, 11) is 0. The summed E-state index contributed by atoms with van der Waals surface area (Å²) in [6, 6.07) is 21.2. The molecule has 3 aromatic carbocycles. The van der Waals surface area contributed by atoms with Crippen molar-refractivity contribution in [3.05, 3.63) is 95.8 Å². The first kappa shape index (κ1) is 18.1. The molecular formula is C21H17FN2O3. The fourth-order valence-electron chi connectivity index (χ4n) is 2.39. The van der Waals surface area contributed by atoms with Crippen LogP contribution in [0.4, 0.5) is 20.6 Å². The van der Waals surface area contributed by atoms with Crippen LogP contribution in [-0.2, 0) is 11.3 Å². The van der Waals surface area contributed by atoms with Gasteiger partial charge in [-0.15, -0.1) is 0 Å². The lowest BCUT2D eigenvalue weighted by Crippen LogP contribution is -2.18. The minimum Gasteiger partial charge on any atom is -0.444 e. The summed E-state index contributed by atoms with van der Waals surface area (Å²) in [6.45, 7) is 0.122. The number of hydrogen-bond donors (Lipinski definition) is 2. The van der Waals surface area contributed by atoms with Crippen molar-refractivity contribution in [2.75, 3.05) is 10.6 Å². The van der Waals surface area contributed by atoms with Gasteiger partial charge in [0.2, 0.25) is 0 Å². The van der Waals surface area contributed by atoms with Gasteiger partial charge in [0.15, 0.2) is 0 Å². The van der Waals surface area contributed by atoms with E-state index >= 15 is 0 Å². The maximum Gasteiger partial charge on any atom is 0.411 e. The zero-order valence-corrected chi connectivity index (χ0v) is 14.3. The Bertz CT molecular complexity index is 928. The van der Waals surface area contributed by atoms with Crippen molar-refractivity contribution in [1.82, 2.24) is 0 Å². The fraction of sp³-hybridized carbons (Fsp3) is 0.0476. The van der Waals surface area contributed by atoms with Gasteiger partial charge >= 0.3 is 6.09 Å². The SMILES string of the molecule is O=C(Nc1ccccc1C(=O)Nc1ccc(F)cc1)OCc1ccccc1. The minimum atomic E-state index is -0.666. The van der Waals surface area contributed by atoms with Gasteiger partial charge in [-0.2, -0.15) is 0 Å². The number of para-hydroxylation sites is 1. The Morgan fingerprint density at radius 1 is 0.815 bits per heavy atom. The molecule has 2 amide bonds. The molecule has 3 aromatic rings. The summed E-state index contributed by atoms with van der Waals surface area (Å²) in [5, 5.41) is 5.23. The third-order valence-electron chi connectivity index (χ3n) is 3.72. The van der Waals surface area contributed by atoms with Gasteiger partial charge < -0.3 is 10.1 Å². The average Bonchev–Trinajstić information content (AvgIpc) is 2.69. The minimum absolute atomic E-state index is 0.122. The molecule has 136 valence electrons. The van der Waals surface area contributed by atoms with Crippen molar-refractivity contribution >= 4 is 23.4 Å². The quantitative estimate of drug-likeness (QED) is 0.682. The lowest BCUT2D eigenvalue weighted by molar-refractivity contribution is 0.102. The molecule has 0 aliphatic carbocycles. The standard InChI is InChI=1S/C21H17FN2O3/c22-16-10-12-17(13-11-16)23-20(25)18-8-4-5-9-19(18)24-21(26)27-14-15-6-2-1-3-7-15/h1-13H,14H2,(H,23,25)(H,24,26). The first-order valence-corrected chi connectivity index (χ1v) is 8.25. The average molecular weight is 364 g/mol. The third kappa shape index (κ3) is 5.15. The molecule has 5 nitrogen and oxygen atoms in total. The van der Waals surface area contributed by atoms with E-state index in [0.717, 1.165) is 5.56 Å². The number of carbonyl (C=O) groups is 2. The fourth-order valence-corrected chi connectivity index (χ4v) is 2.39. The number of benzene rings is 3. The Kier molecular flexibility index (Phi) is 5.79. The van der Waals surface area contributed by atoms with E-state index in [1.165, 1.54) is 24.3 Å². The lowest BCUT2D eigenvalue weighted by atomic mass is 10.1. The maximum atomic E-state index is 13.0. The molecular weight excluding hydrogens is 347 g/mol. The smallest absolute Gasteiger partial charge is 0.411 e. The summed E-state index contributed by atoms with van der Waals surface area (Å²) in [5.41, 5.74) is 1.88. The molecule has 27 heavy (non-hydrogen) atoms. The van der Waals surface area contributed by atoms with Gasteiger partial charge in [0.25, 0.3) is 5.91 Å². The molecule has 0 aliphatic heterocycles. The molecule has 2 N–H and O–H groups in total. The van der Waals surface area contributed by atoms with Crippen LogP contribution in [0.5, 0.6) is 0 Å². The Hall–Kier alpha value is -3.67. The highest BCUT2D eigenvalue weighted by Gasteiger charge is 2.14. The van der Waals surface area contributed by atoms with E-state index in [9.17, 15) is 14.0 Å². The van der Waals surface area contributed by atoms with Crippen molar-refractivity contribution in [2.45, 2.75) is 6.61 Å². The third-order valence-corrected chi connectivity index (χ3v) is 3.72. The summed E-state index contributed by atoms with van der Waals surface area (Å²) >= 11 is 0. The predicted molar refractivity (Wildman–Crippen MR) is 101 cm³/mol. The lowest BCUT2D eigenvalue weighted by Gasteiger charge is -2.12. The Balaban J connectivity index is 1.65. The zero-order chi connectivity index (χ0) is 19.1. The Labute approximate surface area is 155 Å². The van der Waals surface area contributed by atoms with Gasteiger partial charge in [-0.25, -0.2) is 9.18 Å². The molecule has 6 heteroatoms. The number of rotatable bonds is 5. The van der Waals surface area contributed by atoms with Crippen LogP contribution < -0.4 is 10.6 Å². The molecule has 0 saturated carbocycles. The summed E-state index contributed by atoms with van der Waals surface area (Å²) in [5.74, 6) is -0.822. The number of nitrogens with one attached hydrogen (secondary N) is 2. The molecule has 0 fully saturated rings. The highest BCUT2D eigenvalue weighted by atomic mass is 19.1. The summed E-state index contributed by atoms with van der Waals surface area (Å²) < 4.78 is 18.2. The van der Waals surface area contributed by atoms with Crippen molar-refractivity contribution < 1.29 is 18.7 Å². The second-order valence-electron chi connectivity index (χ2n) is 5.69. The van der Waals surface area contributed by atoms with Gasteiger partial charge in [-0.1, -0.05) is 42.5 Å². The van der Waals surface area contributed by atoms with Crippen LogP contribution in [0, 0.1) is 5.82 Å². The molecule has 0 bridgehead atoms. The summed E-state index contributed by atoms with van der Waals surface area (Å²) in [4.78, 5) is 24.5. The van der Waals surface area contributed by atoms with Gasteiger partial charge in [-0.05, 0) is 42.0 Å². The zero-order valence-electron chi connectivity index (χ0n) is 14.3. The highest BCUT2D eigenvalue weighted by molar-refractivity contribution is 6.09. The number of halogens is 1. The summed E-state index contributed by atoms with van der Waals surface area (Å²) in [6.07, 6.45) is -0.666. The van der Waals surface area contributed by atoms with Crippen molar-refractivity contribution in [3.63, 3.8) is 0 Å². The van der Waals surface area contributed by atoms with Crippen molar-refractivity contribution in [1.29, 1.82) is 0 Å². The Morgan fingerprint density at radius 2 is 1.48 bits per heavy atom. The van der Waals surface area contributed by atoms with E-state index in [0.29, 0.717) is 11.4 Å². The molecule has 0 aliphatic rings. The van der Waals surface area contributed by atoms with Crippen LogP contribution in [-0.4, -0.2) is 12.0 Å². The van der Waals surface area contributed by atoms with E-state index in [1.807, 2.05) is 30.3 Å². The van der Waals surface area contributed by atoms with E-state index in [1.54, 1.807) is 24.3 Å². The number of hydrogen-bond acceptors (Lipinski definition) is 3. The van der Waals surface area contributed by atoms with E-state index in [2.05, 4.69) is 10.6 Å². The maximum absolute atomic E-state index is 13.0. The first-order chi connectivity index (χ1) is 13.1. The molecule has 0 saturated heterocycles. The molecule has 0 unspecified atom stereocenters. The van der Waals surface area contributed by atoms with Crippen LogP contribution in [0.15, 0.2) is 78.9 Å². The van der Waals surface area contributed by atoms with Crippen molar-refractivity contribution in [2.24, 2.45) is 0 Å². The van der Waals surface area contributed by atoms with E-state index < -0.39 is 17.8 Å². The number of ether oxygens (including phenoxy) is 1. The molecule has 0 heterocycles. The van der Waals surface area contributed by atoms with Crippen LogP contribution in [0.3, 0.4) is 0 Å². The van der Waals surface area contributed by atoms with Gasteiger partial charge in [0.05, 0.1) is 11.3 Å². The van der Waals surface area contributed by atoms with Crippen LogP contribution in [0.1, 0.15) is 15.9 Å².